The van der Waals surface area contributed by atoms with E-state index in [9.17, 15) is 0 Å². The van der Waals surface area contributed by atoms with E-state index in [1.165, 1.54) is 17.5 Å². The van der Waals surface area contributed by atoms with Crippen LogP contribution in [0, 0.1) is 0 Å². The van der Waals surface area contributed by atoms with E-state index >= 15 is 0 Å². The molecule has 0 fully saturated rings. The molecule has 2 N–H and O–H groups in total. The first-order chi connectivity index (χ1) is 6.14. The molecule has 1 aromatic carbocycles. The summed E-state index contributed by atoms with van der Waals surface area (Å²) in [6.45, 7) is 4.19. The third kappa shape index (κ3) is 3.66. The molecule has 0 aromatic heterocycles. The molecule has 1 aromatic rings. The number of benzene rings is 1. The van der Waals surface area contributed by atoms with Crippen molar-refractivity contribution in [3.05, 3.63) is 42.0 Å². The SMILES string of the molecule is CC(C)(C=Cc1ccccc1)SN. The van der Waals surface area contributed by atoms with E-state index in [-0.39, 0.29) is 4.75 Å². The molecule has 0 amide bonds. The Morgan fingerprint density at radius 2 is 1.85 bits per heavy atom. The normalized spacial score (nSPS) is 12.2. The molecule has 0 bridgehead atoms. The molecule has 70 valence electrons. The number of rotatable bonds is 3. The van der Waals surface area contributed by atoms with Crippen molar-refractivity contribution in [2.45, 2.75) is 18.6 Å². The van der Waals surface area contributed by atoms with Crippen molar-refractivity contribution in [3.8, 4) is 0 Å². The van der Waals surface area contributed by atoms with E-state index in [2.05, 4.69) is 38.1 Å². The smallest absolute Gasteiger partial charge is 0.0428 e. The molecule has 0 atom stereocenters. The lowest BCUT2D eigenvalue weighted by atomic mass is 10.1. The number of nitrogens with two attached hydrogens (primary N) is 1. The van der Waals surface area contributed by atoms with Crippen molar-refractivity contribution in [2.24, 2.45) is 5.14 Å². The van der Waals surface area contributed by atoms with E-state index in [1.54, 1.807) is 0 Å². The van der Waals surface area contributed by atoms with Crippen LogP contribution in [0.15, 0.2) is 36.4 Å². The van der Waals surface area contributed by atoms with Crippen LogP contribution in [-0.4, -0.2) is 4.75 Å². The second kappa shape index (κ2) is 4.49. The van der Waals surface area contributed by atoms with Crippen LogP contribution in [-0.2, 0) is 0 Å². The first-order valence-electron chi connectivity index (χ1n) is 4.26. The Hall–Kier alpha value is -0.730. The molecule has 0 aliphatic carbocycles. The van der Waals surface area contributed by atoms with Crippen molar-refractivity contribution in [1.29, 1.82) is 0 Å². The molecular formula is C11H15NS. The zero-order valence-corrected chi connectivity index (χ0v) is 8.84. The predicted molar refractivity (Wildman–Crippen MR) is 61.3 cm³/mol. The lowest BCUT2D eigenvalue weighted by molar-refractivity contribution is 0.904. The van der Waals surface area contributed by atoms with Gasteiger partial charge in [0.15, 0.2) is 0 Å². The summed E-state index contributed by atoms with van der Waals surface area (Å²) >= 11 is 1.36. The Labute approximate surface area is 84.2 Å². The maximum absolute atomic E-state index is 5.54. The van der Waals surface area contributed by atoms with Gasteiger partial charge in [-0.25, -0.2) is 0 Å². The van der Waals surface area contributed by atoms with E-state index in [4.69, 9.17) is 5.14 Å². The molecule has 0 aliphatic rings. The van der Waals surface area contributed by atoms with Gasteiger partial charge < -0.3 is 0 Å². The quantitative estimate of drug-likeness (QED) is 0.746. The van der Waals surface area contributed by atoms with Crippen molar-refractivity contribution in [3.63, 3.8) is 0 Å². The summed E-state index contributed by atoms with van der Waals surface area (Å²) < 4.78 is 0.00976. The van der Waals surface area contributed by atoms with Crippen molar-refractivity contribution in [1.82, 2.24) is 0 Å². The standard InChI is InChI=1S/C11H15NS/c1-11(2,13-12)9-8-10-6-4-3-5-7-10/h3-9H,12H2,1-2H3. The number of hydrogen-bond donors (Lipinski definition) is 1. The largest absolute Gasteiger partial charge is 0.277 e. The lowest BCUT2D eigenvalue weighted by Gasteiger charge is -2.15. The fraction of sp³-hybridized carbons (Fsp3) is 0.273. The second-order valence-corrected chi connectivity index (χ2v) is 4.75. The summed E-state index contributed by atoms with van der Waals surface area (Å²) in [4.78, 5) is 0. The van der Waals surface area contributed by atoms with Gasteiger partial charge in [0.2, 0.25) is 0 Å². The summed E-state index contributed by atoms with van der Waals surface area (Å²) in [5, 5.41) is 5.54. The summed E-state index contributed by atoms with van der Waals surface area (Å²) in [5.41, 5.74) is 1.21. The van der Waals surface area contributed by atoms with Crippen LogP contribution < -0.4 is 5.14 Å². The third-order valence-corrected chi connectivity index (χ3v) is 2.52. The molecule has 0 radical (unpaired) electrons. The monoisotopic (exact) mass is 193 g/mol. The highest BCUT2D eigenvalue weighted by molar-refractivity contribution is 7.98. The van der Waals surface area contributed by atoms with Crippen LogP contribution in [0.5, 0.6) is 0 Å². The molecule has 1 rings (SSSR count). The minimum Gasteiger partial charge on any atom is -0.277 e. The summed E-state index contributed by atoms with van der Waals surface area (Å²) in [7, 11) is 0. The highest BCUT2D eigenvalue weighted by atomic mass is 32.2. The highest BCUT2D eigenvalue weighted by Gasteiger charge is 2.10. The van der Waals surface area contributed by atoms with Crippen molar-refractivity contribution < 1.29 is 0 Å². The molecular weight excluding hydrogens is 178 g/mol. The molecule has 1 nitrogen and oxygen atoms in total. The minimum absolute atomic E-state index is 0.00976. The van der Waals surface area contributed by atoms with Crippen molar-refractivity contribution in [2.75, 3.05) is 0 Å². The van der Waals surface area contributed by atoms with Gasteiger partial charge in [0.05, 0.1) is 0 Å². The molecule has 0 saturated heterocycles. The molecule has 0 saturated carbocycles. The summed E-state index contributed by atoms with van der Waals surface area (Å²) in [6, 6.07) is 10.2. The van der Waals surface area contributed by atoms with Gasteiger partial charge in [0.1, 0.15) is 0 Å². The highest BCUT2D eigenvalue weighted by Crippen LogP contribution is 2.21. The Kier molecular flexibility index (Phi) is 3.58. The first-order valence-corrected chi connectivity index (χ1v) is 5.14. The first kappa shape index (κ1) is 10.4. The third-order valence-electron chi connectivity index (χ3n) is 1.78. The minimum atomic E-state index is 0.00976. The average molecular weight is 193 g/mol. The maximum atomic E-state index is 5.54. The van der Waals surface area contributed by atoms with Gasteiger partial charge >= 0.3 is 0 Å². The van der Waals surface area contributed by atoms with Crippen LogP contribution in [0.25, 0.3) is 6.08 Å². The zero-order valence-electron chi connectivity index (χ0n) is 8.03. The van der Waals surface area contributed by atoms with E-state index in [1.807, 2.05) is 18.2 Å². The van der Waals surface area contributed by atoms with E-state index in [0.29, 0.717) is 0 Å². The van der Waals surface area contributed by atoms with Gasteiger partial charge in [-0.3, -0.25) is 5.14 Å². The molecule has 0 spiro atoms. The second-order valence-electron chi connectivity index (χ2n) is 3.47. The van der Waals surface area contributed by atoms with Crippen LogP contribution in [0.4, 0.5) is 0 Å². The van der Waals surface area contributed by atoms with E-state index < -0.39 is 0 Å². The average Bonchev–Trinajstić information content (AvgIpc) is 2.17. The summed E-state index contributed by atoms with van der Waals surface area (Å²) in [6.07, 6.45) is 4.22. The van der Waals surface area contributed by atoms with Gasteiger partial charge in [-0.2, -0.15) is 0 Å². The van der Waals surface area contributed by atoms with Gasteiger partial charge in [-0.15, -0.1) is 0 Å². The number of hydrogen-bond acceptors (Lipinski definition) is 2. The maximum Gasteiger partial charge on any atom is 0.0428 e. The molecule has 0 unspecified atom stereocenters. The predicted octanol–water partition coefficient (Wildman–Crippen LogP) is 3.09. The fourth-order valence-corrected chi connectivity index (χ4v) is 1.05. The Morgan fingerprint density at radius 1 is 1.23 bits per heavy atom. The zero-order chi connectivity index (χ0) is 9.73. The molecule has 2 heteroatoms. The van der Waals surface area contributed by atoms with Crippen LogP contribution in [0.1, 0.15) is 19.4 Å². The molecule has 0 aliphatic heterocycles. The van der Waals surface area contributed by atoms with Gasteiger partial charge in [0, 0.05) is 4.75 Å². The molecule has 0 heterocycles. The Morgan fingerprint density at radius 3 is 2.38 bits per heavy atom. The van der Waals surface area contributed by atoms with Crippen LogP contribution >= 0.6 is 11.9 Å². The van der Waals surface area contributed by atoms with Crippen molar-refractivity contribution >= 4 is 18.0 Å². The molecule has 13 heavy (non-hydrogen) atoms. The van der Waals surface area contributed by atoms with Gasteiger partial charge in [-0.05, 0) is 19.4 Å². The topological polar surface area (TPSA) is 26.0 Å². The van der Waals surface area contributed by atoms with Crippen LogP contribution in [0.3, 0.4) is 0 Å². The lowest BCUT2D eigenvalue weighted by Crippen LogP contribution is -2.12. The van der Waals surface area contributed by atoms with E-state index in [0.717, 1.165) is 0 Å². The van der Waals surface area contributed by atoms with Gasteiger partial charge in [-0.1, -0.05) is 54.4 Å². The van der Waals surface area contributed by atoms with Gasteiger partial charge in [0.25, 0.3) is 0 Å². The van der Waals surface area contributed by atoms with Crippen LogP contribution in [0.2, 0.25) is 0 Å². The Bertz CT molecular complexity index is 277. The Balaban J connectivity index is 2.69. The summed E-state index contributed by atoms with van der Waals surface area (Å²) in [5.74, 6) is 0. The fourth-order valence-electron chi connectivity index (χ4n) is 0.900.